The van der Waals surface area contributed by atoms with E-state index in [1.54, 1.807) is 24.5 Å². The molecule has 1 amide bonds. The summed E-state index contributed by atoms with van der Waals surface area (Å²) in [6, 6.07) is 23.4. The second-order valence-corrected chi connectivity index (χ2v) is 8.28. The number of rotatable bonds is 7. The molecule has 1 aliphatic rings. The van der Waals surface area contributed by atoms with E-state index in [9.17, 15) is 14.9 Å². The van der Waals surface area contributed by atoms with Gasteiger partial charge in [0.05, 0.1) is 16.2 Å². The molecule has 1 aliphatic heterocycles. The Morgan fingerprint density at radius 2 is 1.72 bits per heavy atom. The minimum atomic E-state index is -0.466. The Hall–Kier alpha value is -5.05. The van der Waals surface area contributed by atoms with Gasteiger partial charge in [-0.15, -0.1) is 0 Å². The molecule has 0 unspecified atom stereocenters. The van der Waals surface area contributed by atoms with Crippen LogP contribution in [0.3, 0.4) is 0 Å². The molecular formula is C27H22N6O3. The molecule has 9 nitrogen and oxygen atoms in total. The number of nitro benzene ring substituents is 1. The maximum atomic E-state index is 13.0. The molecule has 178 valence electrons. The van der Waals surface area contributed by atoms with Gasteiger partial charge in [-0.2, -0.15) is 0 Å². The molecule has 2 heterocycles. The zero-order valence-corrected chi connectivity index (χ0v) is 19.4. The molecule has 0 aliphatic carbocycles. The zero-order valence-electron chi connectivity index (χ0n) is 19.4. The lowest BCUT2D eigenvalue weighted by molar-refractivity contribution is -0.384. The Bertz CT molecular complexity index is 1450. The van der Waals surface area contributed by atoms with Crippen molar-refractivity contribution in [3.63, 3.8) is 0 Å². The van der Waals surface area contributed by atoms with Gasteiger partial charge in [-0.1, -0.05) is 42.5 Å². The van der Waals surface area contributed by atoms with E-state index < -0.39 is 4.92 Å². The number of hydrogen-bond acceptors (Lipinski definition) is 7. The van der Waals surface area contributed by atoms with Gasteiger partial charge in [0, 0.05) is 55.1 Å². The first-order valence-corrected chi connectivity index (χ1v) is 11.2. The van der Waals surface area contributed by atoms with Crippen LogP contribution in [0.15, 0.2) is 91.3 Å². The Morgan fingerprint density at radius 3 is 2.42 bits per heavy atom. The molecule has 0 saturated heterocycles. The van der Waals surface area contributed by atoms with Gasteiger partial charge in [0.15, 0.2) is 0 Å². The average molecular weight is 479 g/mol. The molecule has 0 radical (unpaired) electrons. The van der Waals surface area contributed by atoms with E-state index in [1.807, 2.05) is 66.5 Å². The zero-order chi connectivity index (χ0) is 25.1. The number of nitro groups is 1. The Labute approximate surface area is 207 Å². The Morgan fingerprint density at radius 1 is 1.00 bits per heavy atom. The van der Waals surface area contributed by atoms with Crippen LogP contribution in [-0.4, -0.2) is 27.8 Å². The number of carbonyl (C=O) groups is 1. The van der Waals surface area contributed by atoms with Gasteiger partial charge in [0.25, 0.3) is 11.6 Å². The maximum absolute atomic E-state index is 13.0. The monoisotopic (exact) mass is 478 g/mol. The van der Waals surface area contributed by atoms with Crippen molar-refractivity contribution < 1.29 is 9.72 Å². The summed E-state index contributed by atoms with van der Waals surface area (Å²) in [5, 5.41) is 17.6. The van der Waals surface area contributed by atoms with E-state index in [2.05, 4.69) is 20.6 Å². The van der Waals surface area contributed by atoms with Crippen LogP contribution in [0.2, 0.25) is 0 Å². The first-order chi connectivity index (χ1) is 17.5. The molecule has 2 N–H and O–H groups in total. The Kier molecular flexibility index (Phi) is 6.10. The lowest BCUT2D eigenvalue weighted by atomic mass is 9.99. The number of fused-ring (bicyclic) bond motifs is 1. The van der Waals surface area contributed by atoms with Crippen LogP contribution in [0, 0.1) is 10.1 Å². The van der Waals surface area contributed by atoms with E-state index >= 15 is 0 Å². The van der Waals surface area contributed by atoms with E-state index in [4.69, 9.17) is 0 Å². The van der Waals surface area contributed by atoms with Crippen molar-refractivity contribution in [1.82, 2.24) is 9.97 Å². The molecule has 5 rings (SSSR count). The highest BCUT2D eigenvalue weighted by atomic mass is 16.6. The van der Waals surface area contributed by atoms with Gasteiger partial charge < -0.3 is 15.5 Å². The fourth-order valence-electron chi connectivity index (χ4n) is 4.07. The molecule has 4 aromatic rings. The van der Waals surface area contributed by atoms with Gasteiger partial charge >= 0.3 is 0 Å². The summed E-state index contributed by atoms with van der Waals surface area (Å²) in [6.45, 7) is 0.621. The first-order valence-electron chi connectivity index (χ1n) is 11.2. The molecule has 3 aromatic carbocycles. The van der Waals surface area contributed by atoms with Crippen molar-refractivity contribution in [2.24, 2.45) is 0 Å². The summed E-state index contributed by atoms with van der Waals surface area (Å²) >= 11 is 0. The summed E-state index contributed by atoms with van der Waals surface area (Å²) in [4.78, 5) is 34.4. The Balaban J connectivity index is 1.49. The summed E-state index contributed by atoms with van der Waals surface area (Å²) < 4.78 is 0. The van der Waals surface area contributed by atoms with Crippen molar-refractivity contribution >= 4 is 40.2 Å². The van der Waals surface area contributed by atoms with Crippen LogP contribution in [0.5, 0.6) is 0 Å². The highest BCUT2D eigenvalue weighted by Crippen LogP contribution is 2.39. The number of nitrogens with zero attached hydrogens (tertiary/aromatic N) is 4. The summed E-state index contributed by atoms with van der Waals surface area (Å²) in [6.07, 6.45) is 3.41. The molecule has 0 atom stereocenters. The van der Waals surface area contributed by atoms with Crippen LogP contribution < -0.4 is 15.5 Å². The van der Waals surface area contributed by atoms with Crippen LogP contribution in [0.1, 0.15) is 16.7 Å². The van der Waals surface area contributed by atoms with E-state index in [0.29, 0.717) is 35.0 Å². The van der Waals surface area contributed by atoms with Crippen LogP contribution in [-0.2, 0) is 11.3 Å². The third-order valence-electron chi connectivity index (χ3n) is 5.81. The molecule has 0 saturated carbocycles. The summed E-state index contributed by atoms with van der Waals surface area (Å²) in [7, 11) is 1.93. The quantitative estimate of drug-likeness (QED) is 0.219. The van der Waals surface area contributed by atoms with Crippen molar-refractivity contribution in [1.29, 1.82) is 0 Å². The van der Waals surface area contributed by atoms with Gasteiger partial charge in [0.2, 0.25) is 5.95 Å². The smallest absolute Gasteiger partial charge is 0.270 e. The number of anilines is 3. The number of carbonyl (C=O) groups excluding carboxylic acids is 1. The standard InChI is InChI=1S/C27H22N6O3/c1-32(27-28-14-5-15-29-27)17-18-8-10-20(11-9-18)30-25(19-6-3-2-4-7-19)24-22-16-21(33(35)36)12-13-23(22)31-26(24)34/h2-16,30H,17H2,1H3,(H,31,34)/b25-24-. The summed E-state index contributed by atoms with van der Waals surface area (Å²) in [5.41, 5.74) is 4.48. The maximum Gasteiger partial charge on any atom is 0.270 e. The highest BCUT2D eigenvalue weighted by Gasteiger charge is 2.30. The average Bonchev–Trinajstić information content (AvgIpc) is 3.24. The van der Waals surface area contributed by atoms with Gasteiger partial charge in [-0.25, -0.2) is 9.97 Å². The lowest BCUT2D eigenvalue weighted by Crippen LogP contribution is -2.18. The third kappa shape index (κ3) is 4.62. The molecule has 0 bridgehead atoms. The normalized spacial score (nSPS) is 13.5. The predicted octanol–water partition coefficient (Wildman–Crippen LogP) is 4.95. The SMILES string of the molecule is CN(Cc1ccc(N/C(=C2\C(=O)Nc3ccc([N+](=O)[O-])cc32)c2ccccc2)cc1)c1ncccn1. The van der Waals surface area contributed by atoms with Crippen molar-refractivity contribution in [2.45, 2.75) is 6.54 Å². The minimum Gasteiger partial charge on any atom is -0.354 e. The van der Waals surface area contributed by atoms with Gasteiger partial charge in [0.1, 0.15) is 0 Å². The second kappa shape index (κ2) is 9.67. The fraction of sp³-hybridized carbons (Fsp3) is 0.0741. The topological polar surface area (TPSA) is 113 Å². The molecular weight excluding hydrogens is 456 g/mol. The number of benzene rings is 3. The third-order valence-corrected chi connectivity index (χ3v) is 5.81. The molecule has 9 heteroatoms. The largest absolute Gasteiger partial charge is 0.354 e. The first kappa shape index (κ1) is 22.7. The fourth-order valence-corrected chi connectivity index (χ4v) is 4.07. The summed E-state index contributed by atoms with van der Waals surface area (Å²) in [5.74, 6) is 0.314. The molecule has 0 spiro atoms. The number of hydrogen-bond donors (Lipinski definition) is 2. The second-order valence-electron chi connectivity index (χ2n) is 8.28. The minimum absolute atomic E-state index is 0.0777. The van der Waals surface area contributed by atoms with E-state index in [0.717, 1.165) is 16.8 Å². The number of amides is 1. The van der Waals surface area contributed by atoms with E-state index in [1.165, 1.54) is 12.1 Å². The predicted molar refractivity (Wildman–Crippen MR) is 139 cm³/mol. The number of nitrogens with one attached hydrogen (secondary N) is 2. The molecule has 0 fully saturated rings. The van der Waals surface area contributed by atoms with Gasteiger partial charge in [-0.05, 0) is 35.4 Å². The lowest BCUT2D eigenvalue weighted by Gasteiger charge is -2.18. The van der Waals surface area contributed by atoms with Crippen LogP contribution in [0.4, 0.5) is 23.0 Å². The van der Waals surface area contributed by atoms with Crippen LogP contribution in [0.25, 0.3) is 11.3 Å². The van der Waals surface area contributed by atoms with Crippen molar-refractivity contribution in [2.75, 3.05) is 22.6 Å². The molecule has 1 aromatic heterocycles. The van der Waals surface area contributed by atoms with Crippen LogP contribution >= 0.6 is 0 Å². The highest BCUT2D eigenvalue weighted by molar-refractivity contribution is 6.37. The number of non-ortho nitro benzene ring substituents is 1. The van der Waals surface area contributed by atoms with E-state index in [-0.39, 0.29) is 11.6 Å². The van der Waals surface area contributed by atoms with Crippen molar-refractivity contribution in [3.05, 3.63) is 118 Å². The molecule has 36 heavy (non-hydrogen) atoms. The number of aromatic nitrogens is 2. The van der Waals surface area contributed by atoms with Gasteiger partial charge in [-0.3, -0.25) is 14.9 Å². The van der Waals surface area contributed by atoms with Crippen molar-refractivity contribution in [3.8, 4) is 0 Å².